The molecule has 0 amide bonds. The smallest absolute Gasteiger partial charge is 0.141 e. The van der Waals surface area contributed by atoms with Crippen molar-refractivity contribution in [1.29, 1.82) is 0 Å². The number of aromatic nitrogens is 1. The van der Waals surface area contributed by atoms with Crippen molar-refractivity contribution in [3.05, 3.63) is 23.8 Å². The highest BCUT2D eigenvalue weighted by Crippen LogP contribution is 2.15. The highest BCUT2D eigenvalue weighted by Gasteiger charge is 2.04. The summed E-state index contributed by atoms with van der Waals surface area (Å²) in [6.45, 7) is 4.10. The van der Waals surface area contributed by atoms with Gasteiger partial charge in [0.15, 0.2) is 0 Å². The van der Waals surface area contributed by atoms with Gasteiger partial charge in [-0.05, 0) is 12.0 Å². The third-order valence-corrected chi connectivity index (χ3v) is 1.60. The second-order valence-electron chi connectivity index (χ2n) is 2.85. The molecule has 0 aliphatic rings. The average Bonchev–Trinajstić information content (AvgIpc) is 2.10. The maximum Gasteiger partial charge on any atom is 0.141 e. The molecule has 0 aliphatic carbocycles. The Morgan fingerprint density at radius 2 is 2.10 bits per heavy atom. The molecule has 56 valence electrons. The second kappa shape index (κ2) is 2.45. The van der Waals surface area contributed by atoms with Crippen LogP contribution in [0.4, 0.5) is 4.39 Å². The Labute approximate surface area is 60.5 Å². The third kappa shape index (κ3) is 1.20. The molecule has 0 saturated carbocycles. The maximum absolute atomic E-state index is 12.5. The number of halogens is 1. The second-order valence-corrected chi connectivity index (χ2v) is 2.85. The summed E-state index contributed by atoms with van der Waals surface area (Å²) in [5.74, 6) is 0.251. The molecule has 0 aromatic carbocycles. The number of hydrogen-bond donors (Lipinski definition) is 0. The first kappa shape index (κ1) is 7.32. The predicted octanol–water partition coefficient (Wildman–Crippen LogP) is 2.29. The van der Waals surface area contributed by atoms with E-state index in [-0.39, 0.29) is 5.82 Å². The van der Waals surface area contributed by atoms with Crippen molar-refractivity contribution < 1.29 is 4.39 Å². The lowest BCUT2D eigenvalue weighted by Gasteiger charge is -2.04. The number of nitrogens with zero attached hydrogens (tertiary/aromatic N) is 1. The molecule has 2 heteroatoms. The van der Waals surface area contributed by atoms with Crippen molar-refractivity contribution in [3.63, 3.8) is 0 Å². The monoisotopic (exact) mass is 141 g/mol. The van der Waals surface area contributed by atoms with Gasteiger partial charge in [0, 0.05) is 18.9 Å². The first-order valence-electron chi connectivity index (χ1n) is 3.43. The van der Waals surface area contributed by atoms with Gasteiger partial charge in [0.2, 0.25) is 0 Å². The van der Waals surface area contributed by atoms with Crippen LogP contribution in [0.15, 0.2) is 12.3 Å². The molecule has 0 aliphatic heterocycles. The molecule has 0 saturated heterocycles. The summed E-state index contributed by atoms with van der Waals surface area (Å²) in [6.07, 6.45) is 1.50. The van der Waals surface area contributed by atoms with Crippen molar-refractivity contribution >= 4 is 0 Å². The van der Waals surface area contributed by atoms with Gasteiger partial charge in [0.25, 0.3) is 0 Å². The lowest BCUT2D eigenvalue weighted by atomic mass is 10.1. The first-order valence-corrected chi connectivity index (χ1v) is 3.43. The zero-order valence-corrected chi connectivity index (χ0v) is 6.56. The SMILES string of the molecule is CC(C)c1cc(F)cn1C. The normalized spacial score (nSPS) is 10.9. The molecule has 1 heterocycles. The van der Waals surface area contributed by atoms with Crippen molar-refractivity contribution in [2.24, 2.45) is 7.05 Å². The predicted molar refractivity (Wildman–Crippen MR) is 39.5 cm³/mol. The maximum atomic E-state index is 12.5. The number of hydrogen-bond acceptors (Lipinski definition) is 0. The molecule has 10 heavy (non-hydrogen) atoms. The average molecular weight is 141 g/mol. The van der Waals surface area contributed by atoms with Gasteiger partial charge in [0.1, 0.15) is 5.82 Å². The molecule has 0 atom stereocenters. The summed E-state index contributed by atoms with van der Waals surface area (Å²) in [4.78, 5) is 0. The summed E-state index contributed by atoms with van der Waals surface area (Å²) in [6, 6.07) is 1.57. The highest BCUT2D eigenvalue weighted by atomic mass is 19.1. The van der Waals surface area contributed by atoms with Crippen molar-refractivity contribution in [1.82, 2.24) is 4.57 Å². The molecule has 1 aromatic heterocycles. The van der Waals surface area contributed by atoms with Crippen LogP contribution in [-0.4, -0.2) is 4.57 Å². The fourth-order valence-corrected chi connectivity index (χ4v) is 1.11. The van der Waals surface area contributed by atoms with Crippen LogP contribution in [0.3, 0.4) is 0 Å². The number of aryl methyl sites for hydroxylation is 1. The van der Waals surface area contributed by atoms with Crippen molar-refractivity contribution in [2.75, 3.05) is 0 Å². The fraction of sp³-hybridized carbons (Fsp3) is 0.500. The Morgan fingerprint density at radius 3 is 2.30 bits per heavy atom. The van der Waals surface area contributed by atoms with E-state index in [2.05, 4.69) is 13.8 Å². The zero-order valence-electron chi connectivity index (χ0n) is 6.56. The van der Waals surface area contributed by atoms with Gasteiger partial charge in [-0.2, -0.15) is 0 Å². The topological polar surface area (TPSA) is 4.93 Å². The standard InChI is InChI=1S/C8H12FN/c1-6(2)8-4-7(9)5-10(8)3/h4-6H,1-3H3. The van der Waals surface area contributed by atoms with E-state index in [1.165, 1.54) is 6.20 Å². The Balaban J connectivity index is 3.03. The summed E-state index contributed by atoms with van der Waals surface area (Å²) in [5.41, 5.74) is 1.04. The van der Waals surface area contributed by atoms with Gasteiger partial charge in [-0.25, -0.2) is 4.39 Å². The molecule has 0 unspecified atom stereocenters. The molecule has 1 aromatic rings. The lowest BCUT2D eigenvalue weighted by Crippen LogP contribution is -1.95. The minimum atomic E-state index is -0.147. The molecule has 0 spiro atoms. The Bertz CT molecular complexity index is 225. The molecule has 0 bridgehead atoms. The molecule has 0 fully saturated rings. The van der Waals surface area contributed by atoms with Gasteiger partial charge in [-0.15, -0.1) is 0 Å². The fourth-order valence-electron chi connectivity index (χ4n) is 1.11. The van der Waals surface area contributed by atoms with Crippen molar-refractivity contribution in [3.8, 4) is 0 Å². The minimum absolute atomic E-state index is 0.147. The minimum Gasteiger partial charge on any atom is -0.351 e. The van der Waals surface area contributed by atoms with Crippen LogP contribution in [-0.2, 0) is 7.05 Å². The molecule has 0 radical (unpaired) electrons. The first-order chi connectivity index (χ1) is 4.61. The third-order valence-electron chi connectivity index (χ3n) is 1.60. The van der Waals surface area contributed by atoms with Crippen LogP contribution in [0.1, 0.15) is 25.5 Å². The zero-order chi connectivity index (χ0) is 7.72. The van der Waals surface area contributed by atoms with E-state index in [1.54, 1.807) is 6.07 Å². The Hall–Kier alpha value is -0.790. The van der Waals surface area contributed by atoms with E-state index in [4.69, 9.17) is 0 Å². The van der Waals surface area contributed by atoms with Gasteiger partial charge < -0.3 is 4.57 Å². The summed E-state index contributed by atoms with van der Waals surface area (Å²) < 4.78 is 14.3. The molecular weight excluding hydrogens is 129 g/mol. The van der Waals surface area contributed by atoms with E-state index in [9.17, 15) is 4.39 Å². The van der Waals surface area contributed by atoms with E-state index in [0.717, 1.165) is 5.69 Å². The summed E-state index contributed by atoms with van der Waals surface area (Å²) >= 11 is 0. The van der Waals surface area contributed by atoms with Crippen LogP contribution in [0.2, 0.25) is 0 Å². The van der Waals surface area contributed by atoms with Crippen LogP contribution in [0.5, 0.6) is 0 Å². The van der Waals surface area contributed by atoms with E-state index in [0.29, 0.717) is 5.92 Å². The largest absolute Gasteiger partial charge is 0.351 e. The van der Waals surface area contributed by atoms with Gasteiger partial charge in [-0.3, -0.25) is 0 Å². The van der Waals surface area contributed by atoms with Gasteiger partial charge in [-0.1, -0.05) is 13.8 Å². The lowest BCUT2D eigenvalue weighted by molar-refractivity contribution is 0.625. The van der Waals surface area contributed by atoms with E-state index in [1.807, 2.05) is 11.6 Å². The van der Waals surface area contributed by atoms with Gasteiger partial charge >= 0.3 is 0 Å². The Kier molecular flexibility index (Phi) is 1.79. The molecule has 1 rings (SSSR count). The van der Waals surface area contributed by atoms with E-state index < -0.39 is 0 Å². The molecular formula is C8H12FN. The molecule has 0 N–H and O–H groups in total. The van der Waals surface area contributed by atoms with Crippen molar-refractivity contribution in [2.45, 2.75) is 19.8 Å². The summed E-state index contributed by atoms with van der Waals surface area (Å²) in [5, 5.41) is 0. The summed E-state index contributed by atoms with van der Waals surface area (Å²) in [7, 11) is 1.86. The van der Waals surface area contributed by atoms with E-state index >= 15 is 0 Å². The molecule has 1 nitrogen and oxygen atoms in total. The Morgan fingerprint density at radius 1 is 1.50 bits per heavy atom. The van der Waals surface area contributed by atoms with Crippen LogP contribution in [0, 0.1) is 5.82 Å². The van der Waals surface area contributed by atoms with Crippen LogP contribution in [0.25, 0.3) is 0 Å². The van der Waals surface area contributed by atoms with Crippen LogP contribution < -0.4 is 0 Å². The number of rotatable bonds is 1. The highest BCUT2D eigenvalue weighted by molar-refractivity contribution is 5.12. The van der Waals surface area contributed by atoms with Gasteiger partial charge in [0.05, 0.1) is 0 Å². The van der Waals surface area contributed by atoms with Crippen LogP contribution >= 0.6 is 0 Å². The quantitative estimate of drug-likeness (QED) is 0.565.